The first kappa shape index (κ1) is 17.1. The van der Waals surface area contributed by atoms with Crippen molar-refractivity contribution in [1.29, 1.82) is 5.26 Å². The second-order valence-electron chi connectivity index (χ2n) is 6.75. The molecule has 0 aliphatic carbocycles. The number of nitrogen functional groups attached to an aromatic ring is 1. The summed E-state index contributed by atoms with van der Waals surface area (Å²) in [6.07, 6.45) is -1.43. The number of aliphatic hydroxyl groups excluding tert-OH is 1. The van der Waals surface area contributed by atoms with Crippen LogP contribution in [-0.4, -0.2) is 44.6 Å². The fourth-order valence-corrected chi connectivity index (χ4v) is 3.94. The number of hydrogen-bond acceptors (Lipinski definition) is 8. The minimum atomic E-state index is -1.52. The van der Waals surface area contributed by atoms with Crippen LogP contribution in [0.4, 0.5) is 5.82 Å². The molecule has 2 aromatic heterocycles. The molecule has 2 aliphatic rings. The molecule has 3 N–H and O–H groups in total. The Hall–Kier alpha value is -3.03. The first-order chi connectivity index (χ1) is 13.7. The maximum absolute atomic E-state index is 10.2. The number of aromatic nitrogens is 3. The van der Waals surface area contributed by atoms with Crippen molar-refractivity contribution in [2.45, 2.75) is 30.2 Å². The second-order valence-corrected chi connectivity index (χ2v) is 6.75. The first-order valence-corrected chi connectivity index (χ1v) is 8.82. The topological polar surface area (TPSA) is 128 Å². The Bertz CT molecular complexity index is 1070. The van der Waals surface area contributed by atoms with Gasteiger partial charge in [-0.1, -0.05) is 30.3 Å². The molecule has 3 aromatic rings. The highest BCUT2D eigenvalue weighted by Gasteiger charge is 2.63. The van der Waals surface area contributed by atoms with Crippen molar-refractivity contribution in [1.82, 2.24) is 14.6 Å². The van der Waals surface area contributed by atoms with E-state index in [-0.39, 0.29) is 12.4 Å². The summed E-state index contributed by atoms with van der Waals surface area (Å²) in [7, 11) is 0. The molecule has 2 saturated heterocycles. The van der Waals surface area contributed by atoms with E-state index in [0.717, 1.165) is 5.56 Å². The Balaban J connectivity index is 1.61. The number of fused-ring (bicyclic) bond motifs is 2. The van der Waals surface area contributed by atoms with Gasteiger partial charge in [-0.3, -0.25) is 0 Å². The van der Waals surface area contributed by atoms with E-state index in [1.54, 1.807) is 12.1 Å². The molecule has 28 heavy (non-hydrogen) atoms. The smallest absolute Gasteiger partial charge is 0.226 e. The van der Waals surface area contributed by atoms with Crippen LogP contribution in [-0.2, 0) is 19.8 Å². The first-order valence-electron chi connectivity index (χ1n) is 8.82. The number of aliphatic hydroxyl groups is 1. The van der Waals surface area contributed by atoms with Gasteiger partial charge in [0.05, 0.1) is 12.3 Å². The Kier molecular flexibility index (Phi) is 3.82. The maximum Gasteiger partial charge on any atom is 0.226 e. The standard InChI is InChI=1S/C19H17N5O4/c20-9-19(14-7-6-12-17(21)22-10-23-24(12)14)16-15(13(8-25)28-19)26-18(27-16)11-4-2-1-3-5-11/h1-7,10,13,15-16,18,25H,8H2,(H2,21,22,23)/t13-,15-,16-,18?,19+/m1/s1. The molecule has 2 fully saturated rings. The summed E-state index contributed by atoms with van der Waals surface area (Å²) in [5.41, 5.74) is 6.23. The highest BCUT2D eigenvalue weighted by atomic mass is 16.8. The zero-order chi connectivity index (χ0) is 19.3. The number of nitriles is 1. The van der Waals surface area contributed by atoms with Crippen LogP contribution in [0.2, 0.25) is 0 Å². The summed E-state index contributed by atoms with van der Waals surface area (Å²) in [6.45, 7) is -0.310. The Morgan fingerprint density at radius 2 is 2.04 bits per heavy atom. The van der Waals surface area contributed by atoms with Crippen LogP contribution in [0.25, 0.3) is 5.52 Å². The van der Waals surface area contributed by atoms with Crippen molar-refractivity contribution in [3.8, 4) is 6.07 Å². The normalized spacial score (nSPS) is 31.7. The van der Waals surface area contributed by atoms with E-state index in [9.17, 15) is 10.4 Å². The van der Waals surface area contributed by atoms with E-state index in [1.807, 2.05) is 30.3 Å². The fraction of sp³-hybridized carbons (Fsp3) is 0.316. The van der Waals surface area contributed by atoms with Crippen LogP contribution in [0.15, 0.2) is 48.8 Å². The predicted molar refractivity (Wildman–Crippen MR) is 95.6 cm³/mol. The van der Waals surface area contributed by atoms with Crippen molar-refractivity contribution in [3.05, 3.63) is 60.0 Å². The lowest BCUT2D eigenvalue weighted by molar-refractivity contribution is -0.160. The van der Waals surface area contributed by atoms with Gasteiger partial charge >= 0.3 is 0 Å². The molecule has 1 unspecified atom stereocenters. The lowest BCUT2D eigenvalue weighted by atomic mass is 9.92. The van der Waals surface area contributed by atoms with Gasteiger partial charge in [-0.15, -0.1) is 0 Å². The monoisotopic (exact) mass is 379 g/mol. The minimum absolute atomic E-state index is 0.286. The van der Waals surface area contributed by atoms with Crippen LogP contribution in [0.3, 0.4) is 0 Å². The van der Waals surface area contributed by atoms with Crippen LogP contribution in [0.5, 0.6) is 0 Å². The van der Waals surface area contributed by atoms with Gasteiger partial charge in [-0.05, 0) is 12.1 Å². The average molecular weight is 379 g/mol. The SMILES string of the molecule is N#C[C@@]1(c2ccc3c(N)ncnn23)O[C@H](CO)[C@H]2OC(c3ccccc3)O[C@H]21. The molecule has 0 saturated carbocycles. The molecule has 0 radical (unpaired) electrons. The summed E-state index contributed by atoms with van der Waals surface area (Å²) < 4.78 is 19.7. The molecule has 2 aliphatic heterocycles. The quantitative estimate of drug-likeness (QED) is 0.687. The van der Waals surface area contributed by atoms with Crippen molar-refractivity contribution in [2.24, 2.45) is 0 Å². The number of benzene rings is 1. The van der Waals surface area contributed by atoms with E-state index in [1.165, 1.54) is 10.8 Å². The van der Waals surface area contributed by atoms with Gasteiger partial charge in [0.15, 0.2) is 12.1 Å². The molecule has 9 heteroatoms. The third kappa shape index (κ3) is 2.26. The van der Waals surface area contributed by atoms with Gasteiger partial charge in [-0.2, -0.15) is 10.4 Å². The average Bonchev–Trinajstić information content (AvgIpc) is 3.42. The largest absolute Gasteiger partial charge is 0.394 e. The fourth-order valence-electron chi connectivity index (χ4n) is 3.94. The molecular weight excluding hydrogens is 362 g/mol. The van der Waals surface area contributed by atoms with E-state index >= 15 is 0 Å². The molecular formula is C19H17N5O4. The molecule has 0 bridgehead atoms. The van der Waals surface area contributed by atoms with Crippen molar-refractivity contribution in [2.75, 3.05) is 12.3 Å². The number of nitrogens with zero attached hydrogens (tertiary/aromatic N) is 4. The van der Waals surface area contributed by atoms with Crippen molar-refractivity contribution >= 4 is 11.3 Å². The lowest BCUT2D eigenvalue weighted by Crippen LogP contribution is -2.39. The predicted octanol–water partition coefficient (Wildman–Crippen LogP) is 0.904. The summed E-state index contributed by atoms with van der Waals surface area (Å²) in [5, 5.41) is 24.2. The molecule has 9 nitrogen and oxygen atoms in total. The highest BCUT2D eigenvalue weighted by molar-refractivity contribution is 5.66. The molecule has 0 amide bonds. The third-order valence-electron chi connectivity index (χ3n) is 5.23. The number of nitrogens with two attached hydrogens (primary N) is 1. The summed E-state index contributed by atoms with van der Waals surface area (Å²) in [4.78, 5) is 3.97. The number of rotatable bonds is 3. The zero-order valence-electron chi connectivity index (χ0n) is 14.7. The number of ether oxygens (including phenoxy) is 3. The number of hydrogen-bond donors (Lipinski definition) is 2. The molecule has 4 heterocycles. The maximum atomic E-state index is 10.2. The van der Waals surface area contributed by atoms with Gasteiger partial charge in [-0.25, -0.2) is 9.50 Å². The van der Waals surface area contributed by atoms with E-state index in [0.29, 0.717) is 11.2 Å². The molecule has 142 valence electrons. The van der Waals surface area contributed by atoms with E-state index < -0.39 is 30.2 Å². The number of anilines is 1. The molecule has 5 rings (SSSR count). The van der Waals surface area contributed by atoms with Crippen molar-refractivity contribution in [3.63, 3.8) is 0 Å². The van der Waals surface area contributed by atoms with E-state index in [2.05, 4.69) is 16.2 Å². The summed E-state index contributed by atoms with van der Waals surface area (Å²) >= 11 is 0. The molecule has 0 spiro atoms. The third-order valence-corrected chi connectivity index (χ3v) is 5.23. The summed E-state index contributed by atoms with van der Waals surface area (Å²) in [5.74, 6) is 0.286. The molecule has 5 atom stereocenters. The molecule has 1 aromatic carbocycles. The van der Waals surface area contributed by atoms with Gasteiger partial charge < -0.3 is 25.1 Å². The lowest BCUT2D eigenvalue weighted by Gasteiger charge is -2.26. The minimum Gasteiger partial charge on any atom is -0.394 e. The van der Waals surface area contributed by atoms with Gasteiger partial charge in [0.2, 0.25) is 5.60 Å². The Labute approximate surface area is 159 Å². The van der Waals surface area contributed by atoms with Crippen LogP contribution < -0.4 is 5.73 Å². The van der Waals surface area contributed by atoms with E-state index in [4.69, 9.17) is 19.9 Å². The van der Waals surface area contributed by atoms with Crippen LogP contribution >= 0.6 is 0 Å². The second kappa shape index (κ2) is 6.25. The van der Waals surface area contributed by atoms with Gasteiger partial charge in [0, 0.05) is 5.56 Å². The van der Waals surface area contributed by atoms with Gasteiger partial charge in [0.1, 0.15) is 36.2 Å². The van der Waals surface area contributed by atoms with Crippen LogP contribution in [0.1, 0.15) is 17.5 Å². The van der Waals surface area contributed by atoms with Crippen molar-refractivity contribution < 1.29 is 19.3 Å². The summed E-state index contributed by atoms with van der Waals surface area (Å²) in [6, 6.07) is 15.1. The Morgan fingerprint density at radius 3 is 2.79 bits per heavy atom. The Morgan fingerprint density at radius 1 is 1.21 bits per heavy atom. The van der Waals surface area contributed by atoms with Crippen LogP contribution in [0, 0.1) is 11.3 Å². The zero-order valence-corrected chi connectivity index (χ0v) is 14.7. The van der Waals surface area contributed by atoms with Gasteiger partial charge in [0.25, 0.3) is 0 Å². The highest BCUT2D eigenvalue weighted by Crippen LogP contribution is 2.49.